The van der Waals surface area contributed by atoms with Crippen LogP contribution < -0.4 is 5.32 Å². The summed E-state index contributed by atoms with van der Waals surface area (Å²) < 4.78 is 38.9. The first-order valence-electron chi connectivity index (χ1n) is 6.23. The molecule has 2 aromatic heterocycles. The van der Waals surface area contributed by atoms with E-state index in [2.05, 4.69) is 9.97 Å². The van der Waals surface area contributed by atoms with E-state index < -0.39 is 12.1 Å². The highest BCUT2D eigenvalue weighted by Crippen LogP contribution is 2.29. The Bertz CT molecular complexity index is 827. The lowest BCUT2D eigenvalue weighted by Crippen LogP contribution is -2.30. The molecule has 22 heavy (non-hydrogen) atoms. The fraction of sp³-hybridized carbons (Fsp3) is 0.0714. The lowest BCUT2D eigenvalue weighted by Gasteiger charge is -2.08. The van der Waals surface area contributed by atoms with E-state index in [1.165, 1.54) is 10.6 Å². The van der Waals surface area contributed by atoms with Crippen LogP contribution in [0.2, 0.25) is 0 Å². The van der Waals surface area contributed by atoms with Crippen LogP contribution in [0, 0.1) is 0 Å². The van der Waals surface area contributed by atoms with Gasteiger partial charge >= 0.3 is 12.1 Å². The van der Waals surface area contributed by atoms with Gasteiger partial charge < -0.3 is 5.32 Å². The standard InChI is InChI=1S/C14H9F3N4O/c15-14(16,17)12(22)19-11-10(9-5-2-1-3-6-9)21-8-4-7-18-13(21)20-11/h1-8H,(H,19,22). The van der Waals surface area contributed by atoms with Gasteiger partial charge in [0.1, 0.15) is 0 Å². The minimum absolute atomic E-state index is 0.188. The quantitative estimate of drug-likeness (QED) is 0.792. The summed E-state index contributed by atoms with van der Waals surface area (Å²) in [5, 5.41) is 1.80. The van der Waals surface area contributed by atoms with E-state index in [1.807, 2.05) is 0 Å². The van der Waals surface area contributed by atoms with Crippen molar-refractivity contribution in [2.24, 2.45) is 0 Å². The van der Waals surface area contributed by atoms with Crippen molar-refractivity contribution in [3.63, 3.8) is 0 Å². The van der Waals surface area contributed by atoms with Gasteiger partial charge in [-0.05, 0) is 6.07 Å². The Labute approximate surface area is 122 Å². The molecule has 5 nitrogen and oxygen atoms in total. The van der Waals surface area contributed by atoms with E-state index in [-0.39, 0.29) is 11.6 Å². The minimum Gasteiger partial charge on any atom is -0.301 e. The van der Waals surface area contributed by atoms with Crippen molar-refractivity contribution in [3.8, 4) is 11.3 Å². The van der Waals surface area contributed by atoms with Crippen molar-refractivity contribution in [2.75, 3.05) is 5.32 Å². The van der Waals surface area contributed by atoms with E-state index in [1.54, 1.807) is 47.9 Å². The van der Waals surface area contributed by atoms with E-state index in [0.29, 0.717) is 11.3 Å². The zero-order valence-electron chi connectivity index (χ0n) is 11.0. The largest absolute Gasteiger partial charge is 0.471 e. The number of hydrogen-bond donors (Lipinski definition) is 1. The van der Waals surface area contributed by atoms with Crippen molar-refractivity contribution in [1.29, 1.82) is 0 Å². The second kappa shape index (κ2) is 5.14. The van der Waals surface area contributed by atoms with Crippen molar-refractivity contribution in [1.82, 2.24) is 14.4 Å². The zero-order chi connectivity index (χ0) is 15.7. The van der Waals surface area contributed by atoms with Crippen molar-refractivity contribution < 1.29 is 18.0 Å². The summed E-state index contributed by atoms with van der Waals surface area (Å²) in [5.74, 6) is -2.07. The van der Waals surface area contributed by atoms with Crippen LogP contribution in [-0.4, -0.2) is 26.5 Å². The predicted octanol–water partition coefficient (Wildman–Crippen LogP) is 2.90. The Morgan fingerprint density at radius 2 is 1.86 bits per heavy atom. The summed E-state index contributed by atoms with van der Waals surface area (Å²) in [6, 6.07) is 10.3. The van der Waals surface area contributed by atoms with Crippen LogP contribution in [-0.2, 0) is 4.79 Å². The molecule has 0 aliphatic heterocycles. The Kier molecular flexibility index (Phi) is 3.28. The van der Waals surface area contributed by atoms with Gasteiger partial charge in [0, 0.05) is 18.0 Å². The molecule has 0 bridgehead atoms. The number of amides is 1. The summed E-state index contributed by atoms with van der Waals surface area (Å²) in [6.07, 6.45) is -1.91. The van der Waals surface area contributed by atoms with Crippen LogP contribution in [0.4, 0.5) is 19.0 Å². The minimum atomic E-state index is -4.99. The molecule has 3 rings (SSSR count). The Hall–Kier alpha value is -2.90. The number of alkyl halides is 3. The lowest BCUT2D eigenvalue weighted by atomic mass is 10.1. The molecule has 1 amide bonds. The first kappa shape index (κ1) is 14.1. The number of imidazole rings is 1. The van der Waals surface area contributed by atoms with Crippen LogP contribution in [0.3, 0.4) is 0 Å². The SMILES string of the molecule is O=C(Nc1nc2ncccn2c1-c1ccccc1)C(F)(F)F. The molecule has 8 heteroatoms. The Balaban J connectivity index is 2.16. The van der Waals surface area contributed by atoms with E-state index >= 15 is 0 Å². The maximum Gasteiger partial charge on any atom is 0.471 e. The molecule has 0 fully saturated rings. The number of benzene rings is 1. The molecule has 1 aromatic carbocycles. The molecule has 112 valence electrons. The van der Waals surface area contributed by atoms with Crippen LogP contribution in [0.5, 0.6) is 0 Å². The molecule has 0 radical (unpaired) electrons. The molecular weight excluding hydrogens is 297 g/mol. The molecule has 3 aromatic rings. The van der Waals surface area contributed by atoms with Gasteiger partial charge in [-0.1, -0.05) is 30.3 Å². The van der Waals surface area contributed by atoms with Crippen LogP contribution in [0.15, 0.2) is 48.8 Å². The number of carbonyl (C=O) groups excluding carboxylic acids is 1. The topological polar surface area (TPSA) is 59.3 Å². The second-order valence-electron chi connectivity index (χ2n) is 4.42. The van der Waals surface area contributed by atoms with E-state index in [4.69, 9.17) is 0 Å². The van der Waals surface area contributed by atoms with Gasteiger partial charge in [0.15, 0.2) is 5.82 Å². The first-order valence-corrected chi connectivity index (χ1v) is 6.23. The van der Waals surface area contributed by atoms with Gasteiger partial charge in [0.2, 0.25) is 5.78 Å². The van der Waals surface area contributed by atoms with Gasteiger partial charge in [0.25, 0.3) is 0 Å². The second-order valence-corrected chi connectivity index (χ2v) is 4.42. The molecular formula is C14H9F3N4O. The number of nitrogens with zero attached hydrogens (tertiary/aromatic N) is 3. The van der Waals surface area contributed by atoms with Crippen molar-refractivity contribution in [2.45, 2.75) is 6.18 Å². The summed E-state index contributed by atoms with van der Waals surface area (Å²) in [7, 11) is 0. The molecule has 0 unspecified atom stereocenters. The van der Waals surface area contributed by atoms with Crippen LogP contribution in [0.1, 0.15) is 0 Å². The normalized spacial score (nSPS) is 11.6. The molecule has 0 atom stereocenters. The number of anilines is 1. The highest BCUT2D eigenvalue weighted by molar-refractivity contribution is 5.97. The zero-order valence-corrected chi connectivity index (χ0v) is 11.0. The third kappa shape index (κ3) is 2.50. The summed E-state index contributed by atoms with van der Waals surface area (Å²) in [6.45, 7) is 0. The average Bonchev–Trinajstić information content (AvgIpc) is 2.85. The molecule has 0 aliphatic carbocycles. The van der Waals surface area contributed by atoms with E-state index in [0.717, 1.165) is 0 Å². The highest BCUT2D eigenvalue weighted by atomic mass is 19.4. The number of nitrogens with one attached hydrogen (secondary N) is 1. The molecule has 1 N–H and O–H groups in total. The van der Waals surface area contributed by atoms with Gasteiger partial charge in [-0.2, -0.15) is 18.2 Å². The van der Waals surface area contributed by atoms with Crippen molar-refractivity contribution in [3.05, 3.63) is 48.8 Å². The monoisotopic (exact) mass is 306 g/mol. The molecule has 2 heterocycles. The predicted molar refractivity (Wildman–Crippen MR) is 73.1 cm³/mol. The fourth-order valence-corrected chi connectivity index (χ4v) is 2.02. The number of fused-ring (bicyclic) bond motifs is 1. The smallest absolute Gasteiger partial charge is 0.301 e. The summed E-state index contributed by atoms with van der Waals surface area (Å²) in [4.78, 5) is 19.1. The number of hydrogen-bond acceptors (Lipinski definition) is 3. The van der Waals surface area contributed by atoms with Gasteiger partial charge in [-0.25, -0.2) is 4.98 Å². The lowest BCUT2D eigenvalue weighted by molar-refractivity contribution is -0.167. The molecule has 0 aliphatic rings. The summed E-state index contributed by atoms with van der Waals surface area (Å²) >= 11 is 0. The maximum absolute atomic E-state index is 12.5. The van der Waals surface area contributed by atoms with Gasteiger partial charge in [0.05, 0.1) is 5.69 Å². The molecule has 0 saturated heterocycles. The molecule has 0 spiro atoms. The highest BCUT2D eigenvalue weighted by Gasteiger charge is 2.39. The third-order valence-electron chi connectivity index (χ3n) is 2.94. The third-order valence-corrected chi connectivity index (χ3v) is 2.94. The van der Waals surface area contributed by atoms with Crippen LogP contribution >= 0.6 is 0 Å². The van der Waals surface area contributed by atoms with Gasteiger partial charge in [-0.15, -0.1) is 0 Å². The van der Waals surface area contributed by atoms with Crippen LogP contribution in [0.25, 0.3) is 17.0 Å². The summed E-state index contributed by atoms with van der Waals surface area (Å²) in [5.41, 5.74) is 0.946. The number of halogens is 3. The van der Waals surface area contributed by atoms with Crippen molar-refractivity contribution >= 4 is 17.5 Å². The fourth-order valence-electron chi connectivity index (χ4n) is 2.02. The van der Waals surface area contributed by atoms with E-state index in [9.17, 15) is 18.0 Å². The Morgan fingerprint density at radius 1 is 1.14 bits per heavy atom. The number of rotatable bonds is 2. The van der Waals surface area contributed by atoms with Gasteiger partial charge in [-0.3, -0.25) is 9.20 Å². The Morgan fingerprint density at radius 3 is 2.55 bits per heavy atom. The molecule has 0 saturated carbocycles. The first-order chi connectivity index (χ1) is 10.5. The number of aromatic nitrogens is 3. The average molecular weight is 306 g/mol. The maximum atomic E-state index is 12.5. The number of carbonyl (C=O) groups is 1.